The van der Waals surface area contributed by atoms with Crippen LogP contribution in [0.1, 0.15) is 27.3 Å². The van der Waals surface area contributed by atoms with Crippen molar-refractivity contribution in [2.75, 3.05) is 12.4 Å². The molecule has 0 saturated heterocycles. The van der Waals surface area contributed by atoms with Crippen molar-refractivity contribution in [1.29, 1.82) is 0 Å². The second kappa shape index (κ2) is 6.51. The summed E-state index contributed by atoms with van der Waals surface area (Å²) in [6, 6.07) is 4.49. The molecule has 0 saturated carbocycles. The Kier molecular flexibility index (Phi) is 4.68. The number of carbonyl (C=O) groups is 2. The molecule has 7 heteroatoms. The number of carboxylic acid groups (broad SMARTS) is 1. The third kappa shape index (κ3) is 3.50. The van der Waals surface area contributed by atoms with Gasteiger partial charge in [0.15, 0.2) is 0 Å². The Morgan fingerprint density at radius 1 is 1.35 bits per heavy atom. The van der Waals surface area contributed by atoms with E-state index < -0.39 is 5.97 Å². The predicted molar refractivity (Wildman–Crippen MR) is 85.0 cm³/mol. The minimum Gasteiger partial charge on any atom is -0.497 e. The predicted octanol–water partition coefficient (Wildman–Crippen LogP) is 1.92. The zero-order valence-corrected chi connectivity index (χ0v) is 13.5. The van der Waals surface area contributed by atoms with Crippen LogP contribution in [0.5, 0.6) is 5.75 Å². The zero-order valence-electron chi connectivity index (χ0n) is 13.5. The molecule has 0 spiro atoms. The van der Waals surface area contributed by atoms with Crippen LogP contribution in [0.4, 0.5) is 5.69 Å². The van der Waals surface area contributed by atoms with Gasteiger partial charge in [-0.25, -0.2) is 4.79 Å². The van der Waals surface area contributed by atoms with Gasteiger partial charge in [-0.3, -0.25) is 9.48 Å². The van der Waals surface area contributed by atoms with Gasteiger partial charge in [0.2, 0.25) is 5.91 Å². The SMILES string of the molecule is COc1ccc(NC(=O)Cc2c(C)nn(C)c2C)c(C(=O)O)c1. The maximum atomic E-state index is 12.3. The van der Waals surface area contributed by atoms with Gasteiger partial charge in [-0.05, 0) is 32.0 Å². The molecule has 1 aromatic carbocycles. The lowest BCUT2D eigenvalue weighted by Crippen LogP contribution is -2.17. The number of nitrogens with one attached hydrogen (secondary N) is 1. The molecule has 2 rings (SSSR count). The van der Waals surface area contributed by atoms with E-state index in [1.807, 2.05) is 20.9 Å². The van der Waals surface area contributed by atoms with Crippen LogP contribution in [-0.2, 0) is 18.3 Å². The molecule has 0 radical (unpaired) electrons. The average molecular weight is 317 g/mol. The monoisotopic (exact) mass is 317 g/mol. The first kappa shape index (κ1) is 16.5. The molecular weight excluding hydrogens is 298 g/mol. The van der Waals surface area contributed by atoms with Crippen molar-refractivity contribution in [3.05, 3.63) is 40.7 Å². The van der Waals surface area contributed by atoms with Gasteiger partial charge in [0.25, 0.3) is 0 Å². The Morgan fingerprint density at radius 3 is 2.57 bits per heavy atom. The van der Waals surface area contributed by atoms with Gasteiger partial charge in [0.1, 0.15) is 5.75 Å². The molecule has 0 aliphatic heterocycles. The second-order valence-corrected chi connectivity index (χ2v) is 5.21. The highest BCUT2D eigenvalue weighted by Gasteiger charge is 2.17. The quantitative estimate of drug-likeness (QED) is 0.879. The number of hydrogen-bond acceptors (Lipinski definition) is 4. The van der Waals surface area contributed by atoms with Crippen LogP contribution in [0.2, 0.25) is 0 Å². The van der Waals surface area contributed by atoms with Crippen molar-refractivity contribution in [2.45, 2.75) is 20.3 Å². The van der Waals surface area contributed by atoms with Crippen molar-refractivity contribution in [2.24, 2.45) is 7.05 Å². The van der Waals surface area contributed by atoms with Crippen LogP contribution < -0.4 is 10.1 Å². The number of methoxy groups -OCH3 is 1. The van der Waals surface area contributed by atoms with Gasteiger partial charge in [-0.2, -0.15) is 5.10 Å². The standard InChI is InChI=1S/C16H19N3O4/c1-9-12(10(2)19(3)18-9)8-15(20)17-14-6-5-11(23-4)7-13(14)16(21)22/h5-7H,8H2,1-4H3,(H,17,20)(H,21,22). The first-order chi connectivity index (χ1) is 10.8. The van der Waals surface area contributed by atoms with E-state index in [4.69, 9.17) is 4.74 Å². The summed E-state index contributed by atoms with van der Waals surface area (Å²) in [5.74, 6) is -1.01. The number of rotatable bonds is 5. The molecule has 0 bridgehead atoms. The number of aromatic nitrogens is 2. The maximum Gasteiger partial charge on any atom is 0.337 e. The number of aryl methyl sites for hydroxylation is 2. The van der Waals surface area contributed by atoms with E-state index in [1.54, 1.807) is 10.7 Å². The minimum absolute atomic E-state index is 0.0164. The molecule has 7 nitrogen and oxygen atoms in total. The maximum absolute atomic E-state index is 12.3. The number of ether oxygens (including phenoxy) is 1. The largest absolute Gasteiger partial charge is 0.497 e. The number of carbonyl (C=O) groups excluding carboxylic acids is 1. The molecule has 1 heterocycles. The van der Waals surface area contributed by atoms with Crippen LogP contribution in [0.15, 0.2) is 18.2 Å². The van der Waals surface area contributed by atoms with Crippen LogP contribution in [0.25, 0.3) is 0 Å². The van der Waals surface area contributed by atoms with Crippen molar-refractivity contribution in [3.8, 4) is 5.75 Å². The molecule has 0 fully saturated rings. The topological polar surface area (TPSA) is 93.5 Å². The summed E-state index contributed by atoms with van der Waals surface area (Å²) in [4.78, 5) is 23.6. The number of carboxylic acids is 1. The molecule has 2 aromatic rings. The van der Waals surface area contributed by atoms with Gasteiger partial charge in [0, 0.05) is 18.3 Å². The molecule has 1 aromatic heterocycles. The summed E-state index contributed by atoms with van der Waals surface area (Å²) < 4.78 is 6.72. The fourth-order valence-corrected chi connectivity index (χ4v) is 2.36. The van der Waals surface area contributed by atoms with E-state index in [1.165, 1.54) is 19.2 Å². The van der Waals surface area contributed by atoms with Crippen LogP contribution in [0.3, 0.4) is 0 Å². The normalized spacial score (nSPS) is 10.4. The van der Waals surface area contributed by atoms with Gasteiger partial charge in [0.05, 0.1) is 30.5 Å². The lowest BCUT2D eigenvalue weighted by molar-refractivity contribution is -0.115. The molecule has 0 aliphatic carbocycles. The van der Waals surface area contributed by atoms with Crippen LogP contribution in [0, 0.1) is 13.8 Å². The highest BCUT2D eigenvalue weighted by molar-refractivity contribution is 6.01. The molecule has 0 unspecified atom stereocenters. The fourth-order valence-electron chi connectivity index (χ4n) is 2.36. The lowest BCUT2D eigenvalue weighted by atomic mass is 10.1. The Morgan fingerprint density at radius 2 is 2.04 bits per heavy atom. The van der Waals surface area contributed by atoms with Gasteiger partial charge in [-0.1, -0.05) is 0 Å². The smallest absolute Gasteiger partial charge is 0.337 e. The van der Waals surface area contributed by atoms with Crippen molar-refractivity contribution < 1.29 is 19.4 Å². The molecule has 23 heavy (non-hydrogen) atoms. The lowest BCUT2D eigenvalue weighted by Gasteiger charge is -2.10. The van der Waals surface area contributed by atoms with Crippen LogP contribution in [-0.4, -0.2) is 33.9 Å². The molecule has 2 N–H and O–H groups in total. The third-order valence-electron chi connectivity index (χ3n) is 3.73. The highest BCUT2D eigenvalue weighted by Crippen LogP contribution is 2.23. The summed E-state index contributed by atoms with van der Waals surface area (Å²) in [6.07, 6.45) is 0.136. The Hall–Kier alpha value is -2.83. The summed E-state index contributed by atoms with van der Waals surface area (Å²) in [5.41, 5.74) is 2.76. The number of hydrogen-bond donors (Lipinski definition) is 2. The van der Waals surface area contributed by atoms with E-state index in [0.717, 1.165) is 17.0 Å². The van der Waals surface area contributed by atoms with E-state index in [-0.39, 0.29) is 23.6 Å². The fraction of sp³-hybridized carbons (Fsp3) is 0.312. The van der Waals surface area contributed by atoms with Crippen molar-refractivity contribution >= 4 is 17.6 Å². The first-order valence-corrected chi connectivity index (χ1v) is 7.03. The number of anilines is 1. The van der Waals surface area contributed by atoms with Crippen LogP contribution >= 0.6 is 0 Å². The summed E-state index contributed by atoms with van der Waals surface area (Å²) in [6.45, 7) is 3.73. The average Bonchev–Trinajstić information content (AvgIpc) is 2.74. The van der Waals surface area contributed by atoms with E-state index in [0.29, 0.717) is 5.75 Å². The molecule has 1 amide bonds. The second-order valence-electron chi connectivity index (χ2n) is 5.21. The first-order valence-electron chi connectivity index (χ1n) is 7.03. The van der Waals surface area contributed by atoms with E-state index in [2.05, 4.69) is 10.4 Å². The number of amides is 1. The molecule has 122 valence electrons. The van der Waals surface area contributed by atoms with E-state index in [9.17, 15) is 14.7 Å². The zero-order chi connectivity index (χ0) is 17.1. The summed E-state index contributed by atoms with van der Waals surface area (Å²) >= 11 is 0. The summed E-state index contributed by atoms with van der Waals surface area (Å²) in [7, 11) is 3.27. The van der Waals surface area contributed by atoms with Crippen molar-refractivity contribution in [3.63, 3.8) is 0 Å². The molecule has 0 atom stereocenters. The van der Waals surface area contributed by atoms with E-state index >= 15 is 0 Å². The van der Waals surface area contributed by atoms with Gasteiger partial charge >= 0.3 is 5.97 Å². The van der Waals surface area contributed by atoms with Gasteiger partial charge < -0.3 is 15.2 Å². The minimum atomic E-state index is -1.13. The Bertz CT molecular complexity index is 765. The van der Waals surface area contributed by atoms with Crippen molar-refractivity contribution in [1.82, 2.24) is 9.78 Å². The third-order valence-corrected chi connectivity index (χ3v) is 3.73. The number of aromatic carboxylic acids is 1. The highest BCUT2D eigenvalue weighted by atomic mass is 16.5. The Balaban J connectivity index is 2.22. The molecule has 0 aliphatic rings. The number of benzene rings is 1. The molecular formula is C16H19N3O4. The Labute approximate surface area is 133 Å². The van der Waals surface area contributed by atoms with Gasteiger partial charge in [-0.15, -0.1) is 0 Å². The summed E-state index contributed by atoms with van der Waals surface area (Å²) in [5, 5.41) is 16.2. The number of nitrogens with zero attached hydrogens (tertiary/aromatic N) is 2.